The number of rotatable bonds is 0. The fraction of sp³-hybridized carbons (Fsp3) is 0.333. The third-order valence-corrected chi connectivity index (χ3v) is 4.85. The van der Waals surface area contributed by atoms with Gasteiger partial charge < -0.3 is 0 Å². The van der Waals surface area contributed by atoms with E-state index < -0.39 is 0 Å². The van der Waals surface area contributed by atoms with Gasteiger partial charge in [-0.3, -0.25) is 6.08 Å². The fourth-order valence-electron chi connectivity index (χ4n) is 3.16. The molecule has 26 heavy (non-hydrogen) atoms. The van der Waals surface area contributed by atoms with Gasteiger partial charge in [0.25, 0.3) is 0 Å². The molecule has 0 saturated carbocycles. The predicted molar refractivity (Wildman–Crippen MR) is 111 cm³/mol. The average molecular weight is 392 g/mol. The van der Waals surface area contributed by atoms with Crippen LogP contribution in [0.4, 0.5) is 0 Å². The summed E-state index contributed by atoms with van der Waals surface area (Å²) in [6.45, 7) is 13.2. The molecule has 2 aromatic carbocycles. The number of hydrogen-bond acceptors (Lipinski definition) is 0. The summed E-state index contributed by atoms with van der Waals surface area (Å²) >= 11 is 2.27. The molecular formula is C24H28SiTi. The maximum Gasteiger partial charge on any atom is -0.0253 e. The van der Waals surface area contributed by atoms with Crippen LogP contribution in [0.3, 0.4) is 0 Å². The van der Waals surface area contributed by atoms with Crippen molar-refractivity contribution in [2.75, 3.05) is 0 Å². The van der Waals surface area contributed by atoms with Gasteiger partial charge in [0, 0.05) is 0 Å². The van der Waals surface area contributed by atoms with Gasteiger partial charge in [-0.15, -0.1) is 12.5 Å². The van der Waals surface area contributed by atoms with Crippen molar-refractivity contribution in [1.82, 2.24) is 0 Å². The molecule has 0 heterocycles. The first-order valence-electron chi connectivity index (χ1n) is 9.18. The summed E-state index contributed by atoms with van der Waals surface area (Å²) in [5.74, 6) is 0.560. The molecule has 0 radical (unpaired) electrons. The molecule has 0 spiro atoms. The van der Waals surface area contributed by atoms with Gasteiger partial charge in [-0.25, -0.2) is 5.57 Å². The van der Waals surface area contributed by atoms with Crippen LogP contribution in [-0.4, -0.2) is 6.19 Å². The van der Waals surface area contributed by atoms with Crippen molar-refractivity contribution in [3.63, 3.8) is 0 Å². The van der Waals surface area contributed by atoms with Crippen LogP contribution in [0.1, 0.15) is 38.8 Å². The number of benzene rings is 2. The second kappa shape index (κ2) is 9.69. The van der Waals surface area contributed by atoms with Gasteiger partial charge in [0.05, 0.1) is 0 Å². The largest absolute Gasteiger partial charge is 0.179 e. The summed E-state index contributed by atoms with van der Waals surface area (Å²) in [5.41, 5.74) is 9.76. The zero-order chi connectivity index (χ0) is 19.3. The fourth-order valence-corrected chi connectivity index (χ4v) is 3.16. The van der Waals surface area contributed by atoms with E-state index in [1.54, 1.807) is 0 Å². The first-order valence-corrected chi connectivity index (χ1v) is 14.0. The van der Waals surface area contributed by atoms with E-state index in [9.17, 15) is 0 Å². The molecule has 0 aromatic heterocycles. The van der Waals surface area contributed by atoms with Gasteiger partial charge in [0.1, 0.15) is 0 Å². The average Bonchev–Trinajstić information content (AvgIpc) is 3.08. The van der Waals surface area contributed by atoms with Crippen LogP contribution in [0.5, 0.6) is 0 Å². The van der Waals surface area contributed by atoms with Gasteiger partial charge in [0.15, 0.2) is 0 Å². The molecule has 2 aliphatic carbocycles. The van der Waals surface area contributed by atoms with E-state index in [2.05, 4.69) is 109 Å². The molecule has 0 aliphatic heterocycles. The smallest absolute Gasteiger partial charge is 0.0253 e. The van der Waals surface area contributed by atoms with Crippen molar-refractivity contribution in [1.29, 1.82) is 0 Å². The van der Waals surface area contributed by atoms with Gasteiger partial charge in [-0.2, -0.15) is 41.0 Å². The standard InChI is InChI=1S/C13H9.C9H13.C2H6Si.Ti/c1-3-7-12-10(5-1)9-11-6-2-4-8-13(11)12;1-6-5-7(2)9(4)8(6)3;1-3-2;/h1-5,7-8H,9H2;6H,1-4H3;1-2H3;/q2*-1;;+2. The Kier molecular flexibility index (Phi) is 7.88. The van der Waals surface area contributed by atoms with Crippen molar-refractivity contribution in [2.24, 2.45) is 5.92 Å². The quantitative estimate of drug-likeness (QED) is 0.300. The van der Waals surface area contributed by atoms with Gasteiger partial charge in [0.2, 0.25) is 0 Å². The third-order valence-electron chi connectivity index (χ3n) is 4.85. The molecule has 4 rings (SSSR count). The summed E-state index contributed by atoms with van der Waals surface area (Å²) in [6, 6.07) is 18.1. The van der Waals surface area contributed by atoms with Crippen LogP contribution in [0.25, 0.3) is 11.1 Å². The van der Waals surface area contributed by atoms with Crippen LogP contribution in [-0.2, 0) is 25.6 Å². The van der Waals surface area contributed by atoms with Crippen LogP contribution in [0.15, 0.2) is 59.2 Å². The molecule has 2 aromatic rings. The Hall–Kier alpha value is -1.15. The Morgan fingerprint density at radius 1 is 1.00 bits per heavy atom. The Bertz CT molecular complexity index is 811. The van der Waals surface area contributed by atoms with E-state index in [0.29, 0.717) is 5.92 Å². The normalized spacial score (nSPS) is 16.6. The Morgan fingerprint density at radius 3 is 2.15 bits per heavy atom. The summed E-state index contributed by atoms with van der Waals surface area (Å²) in [7, 11) is 0. The zero-order valence-electron chi connectivity index (χ0n) is 16.8. The van der Waals surface area contributed by atoms with Crippen LogP contribution in [0.2, 0.25) is 13.1 Å². The van der Waals surface area contributed by atoms with E-state index >= 15 is 0 Å². The Morgan fingerprint density at radius 2 is 1.62 bits per heavy atom. The SMILES string of the molecule is CC1=[C-]C(C)C(C)=C1C.C[Si](C)=[Ti+2].[c-]1cccc2c1Cc1ccccc1-2. The summed E-state index contributed by atoms with van der Waals surface area (Å²) < 4.78 is 0. The van der Waals surface area contributed by atoms with E-state index in [4.69, 9.17) is 0 Å². The van der Waals surface area contributed by atoms with Crippen molar-refractivity contribution >= 4 is 6.19 Å². The molecule has 132 valence electrons. The third kappa shape index (κ3) is 5.42. The van der Waals surface area contributed by atoms with Crippen molar-refractivity contribution in [2.45, 2.75) is 47.2 Å². The molecule has 0 amide bonds. The molecule has 0 fully saturated rings. The molecule has 2 heteroatoms. The second-order valence-electron chi connectivity index (χ2n) is 7.20. The maximum atomic E-state index is 3.36. The molecule has 1 unspecified atom stereocenters. The maximum absolute atomic E-state index is 3.36. The zero-order valence-corrected chi connectivity index (χ0v) is 19.4. The number of hydrogen-bond donors (Lipinski definition) is 0. The van der Waals surface area contributed by atoms with Crippen LogP contribution in [0, 0.1) is 18.1 Å². The van der Waals surface area contributed by atoms with E-state index in [-0.39, 0.29) is 6.19 Å². The van der Waals surface area contributed by atoms with E-state index in [1.807, 2.05) is 6.07 Å². The van der Waals surface area contributed by atoms with Gasteiger partial charge >= 0.3 is 38.5 Å². The number of fused-ring (bicyclic) bond motifs is 3. The van der Waals surface area contributed by atoms with Crippen LogP contribution < -0.4 is 0 Å². The summed E-state index contributed by atoms with van der Waals surface area (Å²) in [5, 5.41) is 0. The molecule has 0 nitrogen and oxygen atoms in total. The summed E-state index contributed by atoms with van der Waals surface area (Å²) in [4.78, 5) is 0. The second-order valence-corrected chi connectivity index (χ2v) is 13.9. The van der Waals surface area contributed by atoms with Crippen molar-refractivity contribution in [3.8, 4) is 11.1 Å². The summed E-state index contributed by atoms with van der Waals surface area (Å²) in [6.07, 6.45) is 4.53. The minimum atomic E-state index is 0.120. The number of allylic oxidation sites excluding steroid dienone is 4. The molecule has 2 aliphatic rings. The first kappa shape index (κ1) is 21.2. The molecule has 1 atom stereocenters. The van der Waals surface area contributed by atoms with E-state index in [1.165, 1.54) is 39.0 Å². The topological polar surface area (TPSA) is 0 Å². The monoisotopic (exact) mass is 392 g/mol. The molecular weight excluding hydrogens is 364 g/mol. The molecule has 0 bridgehead atoms. The van der Waals surface area contributed by atoms with Crippen LogP contribution >= 0.6 is 0 Å². The molecule has 0 N–H and O–H groups in total. The Labute approximate surface area is 171 Å². The minimum absolute atomic E-state index is 0.120. The van der Waals surface area contributed by atoms with Crippen molar-refractivity contribution in [3.05, 3.63) is 82.5 Å². The van der Waals surface area contributed by atoms with Gasteiger partial charge in [-0.1, -0.05) is 62.1 Å². The predicted octanol–water partition coefficient (Wildman–Crippen LogP) is 6.56. The Balaban J connectivity index is 0.000000164. The van der Waals surface area contributed by atoms with Gasteiger partial charge in [-0.05, 0) is 6.42 Å². The minimum Gasteiger partial charge on any atom is -0.179 e. The first-order chi connectivity index (χ1) is 12.3. The van der Waals surface area contributed by atoms with E-state index in [0.717, 1.165) is 6.42 Å². The molecule has 0 saturated heterocycles. The van der Waals surface area contributed by atoms with Crippen molar-refractivity contribution < 1.29 is 19.2 Å².